The number of rotatable bonds is 3. The minimum atomic E-state index is 0.0740. The van der Waals surface area contributed by atoms with Gasteiger partial charge in [0, 0.05) is 36.7 Å². The van der Waals surface area contributed by atoms with E-state index in [1.54, 1.807) is 11.1 Å². The molecule has 0 amide bonds. The molecule has 0 saturated heterocycles. The Bertz CT molecular complexity index is 3050. The molecule has 2 heterocycles. The number of benzene rings is 7. The van der Waals surface area contributed by atoms with Gasteiger partial charge in [0.25, 0.3) is 0 Å². The highest BCUT2D eigenvalue weighted by Crippen LogP contribution is 2.70. The van der Waals surface area contributed by atoms with E-state index >= 15 is 0 Å². The topological polar surface area (TPSA) is 25.8 Å². The van der Waals surface area contributed by atoms with E-state index < -0.39 is 0 Å². The van der Waals surface area contributed by atoms with E-state index in [2.05, 4.69) is 146 Å². The molecule has 0 aliphatic heterocycles. The van der Waals surface area contributed by atoms with Crippen LogP contribution < -0.4 is 0 Å². The van der Waals surface area contributed by atoms with Gasteiger partial charge in [0.05, 0.1) is 22.4 Å². The van der Waals surface area contributed by atoms with Crippen molar-refractivity contribution in [1.82, 2.24) is 9.97 Å². The predicted octanol–water partition coefficient (Wildman–Crippen LogP) is 13.9. The van der Waals surface area contributed by atoms with E-state index in [0.717, 1.165) is 45.4 Å². The van der Waals surface area contributed by atoms with Gasteiger partial charge in [0.15, 0.2) is 0 Å². The van der Waals surface area contributed by atoms with Crippen molar-refractivity contribution in [2.45, 2.75) is 37.5 Å². The van der Waals surface area contributed by atoms with Crippen molar-refractivity contribution in [1.29, 1.82) is 0 Å². The minimum absolute atomic E-state index is 0.0740. The zero-order valence-corrected chi connectivity index (χ0v) is 31.3. The normalized spacial score (nSPS) is 23.3. The van der Waals surface area contributed by atoms with E-state index in [-0.39, 0.29) is 5.41 Å². The smallest absolute Gasteiger partial charge is 0.0973 e. The molecule has 4 saturated carbocycles. The molecule has 0 radical (unpaired) electrons. The summed E-state index contributed by atoms with van der Waals surface area (Å²) < 4.78 is 2.72. The lowest BCUT2D eigenvalue weighted by Crippen LogP contribution is -2.55. The van der Waals surface area contributed by atoms with Crippen molar-refractivity contribution in [3.63, 3.8) is 0 Å². The van der Waals surface area contributed by atoms with Gasteiger partial charge in [-0.05, 0) is 136 Å². The molecule has 5 aliphatic carbocycles. The lowest BCUT2D eigenvalue weighted by molar-refractivity contribution is -0.0399. The van der Waals surface area contributed by atoms with Crippen molar-refractivity contribution in [2.75, 3.05) is 0 Å². The Balaban J connectivity index is 1.06. The minimum Gasteiger partial charge on any atom is -0.244 e. The molecule has 0 atom stereocenters. The maximum atomic E-state index is 5.43. The molecule has 55 heavy (non-hydrogen) atoms. The molecule has 7 aromatic carbocycles. The summed E-state index contributed by atoms with van der Waals surface area (Å²) in [6, 6.07) is 54.5. The van der Waals surface area contributed by atoms with E-state index in [4.69, 9.17) is 9.97 Å². The third-order valence-electron chi connectivity index (χ3n) is 14.2. The summed E-state index contributed by atoms with van der Waals surface area (Å²) in [6.07, 6.45) is 6.93. The molecule has 262 valence electrons. The van der Waals surface area contributed by atoms with Crippen LogP contribution in [0.4, 0.5) is 0 Å². The van der Waals surface area contributed by atoms with Gasteiger partial charge < -0.3 is 0 Å². The Labute approximate surface area is 324 Å². The average Bonchev–Trinajstić information content (AvgIpc) is 3.75. The molecule has 4 fully saturated rings. The lowest BCUT2D eigenvalue weighted by atomic mass is 9.43. The summed E-state index contributed by atoms with van der Waals surface area (Å²) in [5.74, 6) is 3.19. The van der Waals surface area contributed by atoms with Gasteiger partial charge in [-0.25, -0.2) is 9.97 Å². The Morgan fingerprint density at radius 1 is 0.455 bits per heavy atom. The first-order valence-corrected chi connectivity index (χ1v) is 21.0. The van der Waals surface area contributed by atoms with Crippen molar-refractivity contribution in [2.24, 2.45) is 23.7 Å². The van der Waals surface area contributed by atoms with Gasteiger partial charge in [0.2, 0.25) is 0 Å². The van der Waals surface area contributed by atoms with Crippen LogP contribution in [0.5, 0.6) is 0 Å². The van der Waals surface area contributed by atoms with Crippen molar-refractivity contribution in [3.05, 3.63) is 157 Å². The molecule has 5 aliphatic rings. The van der Waals surface area contributed by atoms with Crippen LogP contribution in [-0.4, -0.2) is 9.97 Å². The number of para-hydroxylation sites is 2. The van der Waals surface area contributed by atoms with E-state index in [1.165, 1.54) is 85.3 Å². The summed E-state index contributed by atoms with van der Waals surface area (Å²) in [7, 11) is 0. The first-order chi connectivity index (χ1) is 27.2. The van der Waals surface area contributed by atoms with Crippen molar-refractivity contribution >= 4 is 53.3 Å². The van der Waals surface area contributed by atoms with Gasteiger partial charge in [-0.2, -0.15) is 0 Å². The van der Waals surface area contributed by atoms with Crippen LogP contribution >= 0.6 is 11.3 Å². The van der Waals surface area contributed by atoms with E-state index in [1.807, 2.05) is 11.3 Å². The monoisotopic (exact) mass is 722 g/mol. The van der Waals surface area contributed by atoms with Gasteiger partial charge in [-0.15, -0.1) is 11.3 Å². The van der Waals surface area contributed by atoms with Crippen LogP contribution in [0, 0.1) is 23.7 Å². The average molecular weight is 723 g/mol. The third-order valence-corrected chi connectivity index (χ3v) is 15.4. The number of hydrogen-bond acceptors (Lipinski definition) is 3. The summed E-state index contributed by atoms with van der Waals surface area (Å²) in [6.45, 7) is 0. The molecule has 14 rings (SSSR count). The predicted molar refractivity (Wildman–Crippen MR) is 230 cm³/mol. The zero-order chi connectivity index (χ0) is 35.8. The van der Waals surface area contributed by atoms with Gasteiger partial charge in [0.1, 0.15) is 0 Å². The Morgan fingerprint density at radius 3 is 1.91 bits per heavy atom. The van der Waals surface area contributed by atoms with Gasteiger partial charge in [-0.3, -0.25) is 0 Å². The Kier molecular flexibility index (Phi) is 6.25. The number of nitrogens with zero attached hydrogens (tertiary/aromatic N) is 2. The fourth-order valence-electron chi connectivity index (χ4n) is 12.3. The molecule has 0 N–H and O–H groups in total. The van der Waals surface area contributed by atoms with Crippen LogP contribution in [0.1, 0.15) is 43.2 Å². The molecule has 2 aromatic heterocycles. The first-order valence-electron chi connectivity index (χ1n) is 20.2. The molecule has 4 bridgehead atoms. The van der Waals surface area contributed by atoms with Crippen LogP contribution in [0.15, 0.2) is 146 Å². The second-order valence-corrected chi connectivity index (χ2v) is 18.0. The number of aromatic nitrogens is 2. The van der Waals surface area contributed by atoms with E-state index in [0.29, 0.717) is 11.8 Å². The second kappa shape index (κ2) is 11.2. The molecule has 1 spiro atoms. The summed E-state index contributed by atoms with van der Waals surface area (Å²) in [5.41, 5.74) is 14.7. The molecule has 0 unspecified atom stereocenters. The number of fused-ring (bicyclic) bond motifs is 8. The maximum absolute atomic E-state index is 5.43. The quantitative estimate of drug-likeness (QED) is 0.181. The van der Waals surface area contributed by atoms with Gasteiger partial charge >= 0.3 is 0 Å². The van der Waals surface area contributed by atoms with E-state index in [9.17, 15) is 0 Å². The molecule has 9 aromatic rings. The molecule has 3 heteroatoms. The Hall–Kier alpha value is -5.64. The zero-order valence-electron chi connectivity index (χ0n) is 30.5. The number of thiophene rings is 1. The van der Waals surface area contributed by atoms with Gasteiger partial charge in [-0.1, -0.05) is 109 Å². The molecular formula is C52H38N2S. The standard InChI is InChI=1S/C52H38N2S/c1-2-9-33-27-35(17-16-32(33)8-1)50-51(54-46-14-5-4-13-45(46)53-50)36-19-21-43-42(28-36)49-39(34-18-20-41-40-10-3-6-15-47(40)55-48(41)29-34)11-7-12-44(49)52(43)37-23-30-22-31(25-37)26-38(52)24-30/h1-21,27-31,37-38H,22-26H2. The highest BCUT2D eigenvalue weighted by atomic mass is 32.1. The van der Waals surface area contributed by atoms with Crippen molar-refractivity contribution < 1.29 is 0 Å². The highest BCUT2D eigenvalue weighted by Gasteiger charge is 2.61. The summed E-state index contributed by atoms with van der Waals surface area (Å²) in [4.78, 5) is 10.8. The second-order valence-electron chi connectivity index (χ2n) is 16.9. The highest BCUT2D eigenvalue weighted by molar-refractivity contribution is 7.25. The fraction of sp³-hybridized carbons (Fsp3) is 0.192. The maximum Gasteiger partial charge on any atom is 0.0973 e. The van der Waals surface area contributed by atoms with Crippen LogP contribution in [-0.2, 0) is 5.41 Å². The van der Waals surface area contributed by atoms with Crippen molar-refractivity contribution in [3.8, 4) is 44.8 Å². The SMILES string of the molecule is c1cc(-c2ccc3c(c2)sc2ccccc23)c2c(c1)C1(c3ccc(-c4nc5ccccc5nc4-c4ccc5ccccc5c4)cc3-2)C2CC3CC(C2)CC1C3. The first kappa shape index (κ1) is 30.7. The Morgan fingerprint density at radius 2 is 1.11 bits per heavy atom. The lowest BCUT2D eigenvalue weighted by Gasteiger charge is -2.61. The van der Waals surface area contributed by atoms with Crippen LogP contribution in [0.3, 0.4) is 0 Å². The summed E-state index contributed by atoms with van der Waals surface area (Å²) >= 11 is 1.91. The molecule has 2 nitrogen and oxygen atoms in total. The summed E-state index contributed by atoms with van der Waals surface area (Å²) in [5, 5.41) is 5.16. The fourth-order valence-corrected chi connectivity index (χ4v) is 13.4. The van der Waals surface area contributed by atoms with Crippen LogP contribution in [0.2, 0.25) is 0 Å². The molecular weight excluding hydrogens is 685 g/mol. The third kappa shape index (κ3) is 4.25. The number of hydrogen-bond donors (Lipinski definition) is 0. The largest absolute Gasteiger partial charge is 0.244 e. The van der Waals surface area contributed by atoms with Crippen LogP contribution in [0.25, 0.3) is 86.7 Å².